The molecule has 0 saturated carbocycles. The van der Waals surface area contributed by atoms with Crippen molar-refractivity contribution in [1.82, 2.24) is 9.97 Å². The van der Waals surface area contributed by atoms with E-state index in [1.807, 2.05) is 18.2 Å². The van der Waals surface area contributed by atoms with Crippen LogP contribution in [0.5, 0.6) is 0 Å². The summed E-state index contributed by atoms with van der Waals surface area (Å²) in [5.41, 5.74) is 1.52. The number of likely N-dealkylation sites (N-methyl/N-ethyl adjacent to an activating group) is 1. The number of thiazole rings is 1. The van der Waals surface area contributed by atoms with Gasteiger partial charge in [-0.15, -0.1) is 0 Å². The number of nitrogens with zero attached hydrogens (tertiary/aromatic N) is 4. The SMILES string of the molecule is CN1C(=O)C(c2ccccc2)C(=O)[n+]2cc(-c3cncnc3)sc21. The molecule has 3 heterocycles. The molecule has 1 aromatic carbocycles. The van der Waals surface area contributed by atoms with Crippen molar-refractivity contribution in [3.8, 4) is 10.4 Å². The molecule has 0 radical (unpaired) electrons. The highest BCUT2D eigenvalue weighted by Gasteiger charge is 2.47. The first kappa shape index (κ1) is 14.6. The van der Waals surface area contributed by atoms with Crippen LogP contribution in [0, 0.1) is 0 Å². The van der Waals surface area contributed by atoms with Crippen LogP contribution in [-0.2, 0) is 4.79 Å². The Bertz CT molecular complexity index is 924. The quantitative estimate of drug-likeness (QED) is 0.529. The predicted molar refractivity (Wildman–Crippen MR) is 88.8 cm³/mol. The van der Waals surface area contributed by atoms with E-state index >= 15 is 0 Å². The average molecular weight is 337 g/mol. The molecule has 0 saturated heterocycles. The summed E-state index contributed by atoms with van der Waals surface area (Å²) in [6.07, 6.45) is 6.58. The first-order valence-corrected chi connectivity index (χ1v) is 8.16. The maximum Gasteiger partial charge on any atom is 0.351 e. The average Bonchev–Trinajstić information content (AvgIpc) is 3.08. The molecule has 1 unspecified atom stereocenters. The minimum Gasteiger partial charge on any atom is -0.245 e. The van der Waals surface area contributed by atoms with Crippen LogP contribution in [0.3, 0.4) is 0 Å². The van der Waals surface area contributed by atoms with Crippen molar-refractivity contribution >= 4 is 28.3 Å². The molecule has 118 valence electrons. The summed E-state index contributed by atoms with van der Waals surface area (Å²) in [5.74, 6) is -1.27. The largest absolute Gasteiger partial charge is 0.351 e. The second kappa shape index (κ2) is 5.61. The lowest BCUT2D eigenvalue weighted by Crippen LogP contribution is -2.57. The molecule has 3 aromatic rings. The Kier molecular flexibility index (Phi) is 3.42. The lowest BCUT2D eigenvalue weighted by molar-refractivity contribution is -0.558. The van der Waals surface area contributed by atoms with Crippen LogP contribution < -0.4 is 9.47 Å². The molecule has 1 aliphatic rings. The van der Waals surface area contributed by atoms with E-state index < -0.39 is 5.92 Å². The van der Waals surface area contributed by atoms with E-state index in [9.17, 15) is 9.59 Å². The molecule has 24 heavy (non-hydrogen) atoms. The van der Waals surface area contributed by atoms with Crippen molar-refractivity contribution in [3.05, 3.63) is 60.8 Å². The van der Waals surface area contributed by atoms with Crippen molar-refractivity contribution in [2.45, 2.75) is 5.92 Å². The zero-order valence-electron chi connectivity index (χ0n) is 12.8. The maximum atomic E-state index is 12.9. The van der Waals surface area contributed by atoms with Crippen LogP contribution >= 0.6 is 11.3 Å². The van der Waals surface area contributed by atoms with Gasteiger partial charge in [-0.1, -0.05) is 30.3 Å². The number of fused-ring (bicyclic) bond motifs is 1. The molecular formula is C17H13N4O2S+. The number of rotatable bonds is 2. The molecule has 2 aromatic heterocycles. The van der Waals surface area contributed by atoms with Crippen molar-refractivity contribution in [3.63, 3.8) is 0 Å². The van der Waals surface area contributed by atoms with Crippen molar-refractivity contribution in [2.75, 3.05) is 11.9 Å². The summed E-state index contributed by atoms with van der Waals surface area (Å²) in [7, 11) is 1.69. The Hall–Kier alpha value is -2.93. The summed E-state index contributed by atoms with van der Waals surface area (Å²) in [6, 6.07) is 9.13. The topological polar surface area (TPSA) is 67.0 Å². The lowest BCUT2D eigenvalue weighted by Gasteiger charge is -2.20. The van der Waals surface area contributed by atoms with Crippen LogP contribution in [0.15, 0.2) is 55.2 Å². The fraction of sp³-hybridized carbons (Fsp3) is 0.118. The van der Waals surface area contributed by atoms with Gasteiger partial charge in [-0.2, -0.15) is 9.47 Å². The third-order valence-corrected chi connectivity index (χ3v) is 5.19. The van der Waals surface area contributed by atoms with E-state index in [1.54, 1.807) is 42.3 Å². The fourth-order valence-corrected chi connectivity index (χ4v) is 3.80. The van der Waals surface area contributed by atoms with Crippen LogP contribution in [-0.4, -0.2) is 28.8 Å². The van der Waals surface area contributed by atoms with Gasteiger partial charge in [0.15, 0.2) is 5.92 Å². The highest BCUT2D eigenvalue weighted by atomic mass is 32.1. The standard InChI is InChI=1S/C17H13N4O2S/c1-20-15(22)14(11-5-3-2-4-6-11)16(23)21-9-13(24-17(20)21)12-7-18-10-19-8-12/h2-10,14H,1H3/q+1. The van der Waals surface area contributed by atoms with Gasteiger partial charge in [-0.05, 0) is 16.9 Å². The third-order valence-electron chi connectivity index (χ3n) is 3.98. The molecule has 0 fully saturated rings. The van der Waals surface area contributed by atoms with Crippen LogP contribution in [0.1, 0.15) is 16.3 Å². The zero-order valence-corrected chi connectivity index (χ0v) is 13.6. The Morgan fingerprint density at radius 3 is 2.54 bits per heavy atom. The summed E-state index contributed by atoms with van der Waals surface area (Å²) >= 11 is 1.37. The molecule has 6 nitrogen and oxygen atoms in total. The summed E-state index contributed by atoms with van der Waals surface area (Å²) in [5, 5.41) is 0.594. The van der Waals surface area contributed by atoms with E-state index in [2.05, 4.69) is 9.97 Å². The maximum absolute atomic E-state index is 12.9. The fourth-order valence-electron chi connectivity index (χ4n) is 2.76. The molecule has 1 aliphatic heterocycles. The first-order chi connectivity index (χ1) is 11.7. The van der Waals surface area contributed by atoms with Gasteiger partial charge in [0.1, 0.15) is 12.5 Å². The molecule has 0 aliphatic carbocycles. The Morgan fingerprint density at radius 1 is 1.12 bits per heavy atom. The second-order valence-electron chi connectivity index (χ2n) is 5.45. The smallest absolute Gasteiger partial charge is 0.245 e. The number of carbonyl (C=O) groups is 2. The number of aromatic nitrogens is 3. The van der Waals surface area contributed by atoms with Crippen molar-refractivity contribution < 1.29 is 14.2 Å². The summed E-state index contributed by atoms with van der Waals surface area (Å²) in [6.45, 7) is 0. The third kappa shape index (κ3) is 2.21. The van der Waals surface area contributed by atoms with Crippen LogP contribution in [0.25, 0.3) is 10.4 Å². The van der Waals surface area contributed by atoms with E-state index in [1.165, 1.54) is 22.6 Å². The van der Waals surface area contributed by atoms with Gasteiger partial charge in [0.2, 0.25) is 0 Å². The molecule has 1 atom stereocenters. The Morgan fingerprint density at radius 2 is 1.83 bits per heavy atom. The van der Waals surface area contributed by atoms with Gasteiger partial charge < -0.3 is 0 Å². The normalized spacial score (nSPS) is 17.0. The van der Waals surface area contributed by atoms with Crippen molar-refractivity contribution in [2.24, 2.45) is 0 Å². The molecule has 0 bridgehead atoms. The number of hydrogen-bond acceptors (Lipinski definition) is 5. The van der Waals surface area contributed by atoms with Crippen LogP contribution in [0.4, 0.5) is 5.13 Å². The van der Waals surface area contributed by atoms with Crippen molar-refractivity contribution in [1.29, 1.82) is 0 Å². The molecule has 7 heteroatoms. The van der Waals surface area contributed by atoms with Gasteiger partial charge in [0, 0.05) is 18.0 Å². The highest BCUT2D eigenvalue weighted by molar-refractivity contribution is 7.18. The van der Waals surface area contributed by atoms with E-state index in [4.69, 9.17) is 0 Å². The molecule has 0 N–H and O–H groups in total. The van der Waals surface area contributed by atoms with Gasteiger partial charge in [0.05, 0.1) is 11.9 Å². The van der Waals surface area contributed by atoms with Gasteiger partial charge in [-0.25, -0.2) is 19.6 Å². The summed E-state index contributed by atoms with van der Waals surface area (Å²) < 4.78 is 1.55. The minimum absolute atomic E-state index is 0.219. The van der Waals surface area contributed by atoms with E-state index in [0.29, 0.717) is 10.7 Å². The Balaban J connectivity index is 1.82. The number of amides is 1. The molecular weight excluding hydrogens is 324 g/mol. The predicted octanol–water partition coefficient (Wildman–Crippen LogP) is 1.89. The van der Waals surface area contributed by atoms with E-state index in [-0.39, 0.29) is 11.8 Å². The Labute approximate surface area is 142 Å². The number of carbonyl (C=O) groups excluding carboxylic acids is 2. The number of anilines is 1. The number of hydrogen-bond donors (Lipinski definition) is 0. The van der Waals surface area contributed by atoms with Gasteiger partial charge in [-0.3, -0.25) is 0 Å². The lowest BCUT2D eigenvalue weighted by atomic mass is 9.95. The molecule has 4 rings (SSSR count). The summed E-state index contributed by atoms with van der Waals surface area (Å²) in [4.78, 5) is 36.0. The molecule has 1 amide bonds. The highest BCUT2D eigenvalue weighted by Crippen LogP contribution is 2.34. The van der Waals surface area contributed by atoms with Crippen LogP contribution in [0.2, 0.25) is 0 Å². The monoisotopic (exact) mass is 337 g/mol. The van der Waals surface area contributed by atoms with Gasteiger partial charge in [0.25, 0.3) is 0 Å². The second-order valence-corrected chi connectivity index (χ2v) is 6.46. The minimum atomic E-state index is -0.817. The number of benzene rings is 1. The first-order valence-electron chi connectivity index (χ1n) is 7.34. The molecule has 0 spiro atoms. The zero-order chi connectivity index (χ0) is 16.7. The van der Waals surface area contributed by atoms with E-state index in [0.717, 1.165) is 10.4 Å². The van der Waals surface area contributed by atoms with Gasteiger partial charge >= 0.3 is 16.9 Å².